The predicted molar refractivity (Wildman–Crippen MR) is 87.4 cm³/mol. The average molecular weight is 278 g/mol. The Balaban J connectivity index is 2.69. The van der Waals surface area contributed by atoms with Gasteiger partial charge in [-0.2, -0.15) is 4.98 Å². The van der Waals surface area contributed by atoms with E-state index in [-0.39, 0.29) is 0 Å². The fourth-order valence-electron chi connectivity index (χ4n) is 2.26. The monoisotopic (exact) mass is 278 g/mol. The molecule has 0 bridgehead atoms. The Morgan fingerprint density at radius 1 is 1.05 bits per heavy atom. The number of unbranched alkanes of at least 4 members (excludes halogenated alkanes) is 1. The maximum atomic E-state index is 4.57. The molecule has 1 aromatic heterocycles. The van der Waals surface area contributed by atoms with E-state index in [0.717, 1.165) is 30.4 Å². The van der Waals surface area contributed by atoms with Gasteiger partial charge in [0.15, 0.2) is 0 Å². The van der Waals surface area contributed by atoms with E-state index in [1.54, 1.807) is 0 Å². The van der Waals surface area contributed by atoms with E-state index in [4.69, 9.17) is 0 Å². The van der Waals surface area contributed by atoms with Crippen LogP contribution >= 0.6 is 0 Å². The quantitative estimate of drug-likeness (QED) is 0.667. The Kier molecular flexibility index (Phi) is 8.00. The number of hydrogen-bond donors (Lipinski definition) is 2. The molecule has 0 aliphatic carbocycles. The molecule has 4 heteroatoms. The number of aromatic nitrogens is 2. The highest BCUT2D eigenvalue weighted by Gasteiger charge is 2.09. The molecule has 1 rings (SSSR count). The van der Waals surface area contributed by atoms with Gasteiger partial charge in [-0.25, -0.2) is 4.98 Å². The van der Waals surface area contributed by atoms with Crippen LogP contribution in [0.15, 0.2) is 6.07 Å². The second-order valence-electron chi connectivity index (χ2n) is 5.42. The summed E-state index contributed by atoms with van der Waals surface area (Å²) in [6.07, 6.45) is 7.20. The molecule has 4 nitrogen and oxygen atoms in total. The fourth-order valence-corrected chi connectivity index (χ4v) is 2.26. The van der Waals surface area contributed by atoms with Gasteiger partial charge in [-0.1, -0.05) is 40.0 Å². The van der Waals surface area contributed by atoms with E-state index in [1.165, 1.54) is 32.1 Å². The molecule has 1 aromatic rings. The average Bonchev–Trinajstić information content (AvgIpc) is 2.42. The normalized spacial score (nSPS) is 12.2. The number of nitrogens with zero attached hydrogens (tertiary/aromatic N) is 2. The van der Waals surface area contributed by atoms with Crippen LogP contribution in [0.4, 0.5) is 11.8 Å². The van der Waals surface area contributed by atoms with Crippen LogP contribution in [0.3, 0.4) is 0 Å². The van der Waals surface area contributed by atoms with E-state index in [1.807, 2.05) is 13.0 Å². The number of aryl methyl sites for hydroxylation is 1. The predicted octanol–water partition coefficient (Wildman–Crippen LogP) is 4.38. The summed E-state index contributed by atoms with van der Waals surface area (Å²) < 4.78 is 0. The van der Waals surface area contributed by atoms with Gasteiger partial charge >= 0.3 is 0 Å². The summed E-state index contributed by atoms with van der Waals surface area (Å²) >= 11 is 0. The molecule has 0 radical (unpaired) electrons. The van der Waals surface area contributed by atoms with Gasteiger partial charge in [0, 0.05) is 24.3 Å². The van der Waals surface area contributed by atoms with Crippen molar-refractivity contribution in [2.45, 2.75) is 72.3 Å². The van der Waals surface area contributed by atoms with Crippen LogP contribution in [-0.4, -0.2) is 22.6 Å². The summed E-state index contributed by atoms with van der Waals surface area (Å²) in [6, 6.07) is 2.56. The number of hydrogen-bond acceptors (Lipinski definition) is 4. The molecule has 2 N–H and O–H groups in total. The van der Waals surface area contributed by atoms with Crippen molar-refractivity contribution >= 4 is 11.8 Å². The van der Waals surface area contributed by atoms with Crippen LogP contribution in [0.5, 0.6) is 0 Å². The van der Waals surface area contributed by atoms with Crippen molar-refractivity contribution in [3.8, 4) is 0 Å². The Morgan fingerprint density at radius 3 is 2.50 bits per heavy atom. The van der Waals surface area contributed by atoms with Crippen LogP contribution in [0.1, 0.15) is 65.0 Å². The van der Waals surface area contributed by atoms with Crippen molar-refractivity contribution in [2.24, 2.45) is 0 Å². The largest absolute Gasteiger partial charge is 0.367 e. The second kappa shape index (κ2) is 9.56. The smallest absolute Gasteiger partial charge is 0.224 e. The summed E-state index contributed by atoms with van der Waals surface area (Å²) in [6.45, 7) is 9.55. The Morgan fingerprint density at radius 2 is 1.85 bits per heavy atom. The molecule has 1 atom stereocenters. The van der Waals surface area contributed by atoms with E-state index >= 15 is 0 Å². The van der Waals surface area contributed by atoms with Crippen molar-refractivity contribution in [3.63, 3.8) is 0 Å². The lowest BCUT2D eigenvalue weighted by Gasteiger charge is -2.19. The zero-order chi connectivity index (χ0) is 14.8. The number of anilines is 2. The maximum Gasteiger partial charge on any atom is 0.224 e. The van der Waals surface area contributed by atoms with Crippen molar-refractivity contribution in [2.75, 3.05) is 17.2 Å². The first-order chi connectivity index (χ1) is 9.69. The molecule has 114 valence electrons. The summed E-state index contributed by atoms with van der Waals surface area (Å²) in [5.74, 6) is 1.69. The SMILES string of the molecule is CCCCC(CCC)Nc1cc(C)nc(NCCC)n1. The molecule has 20 heavy (non-hydrogen) atoms. The van der Waals surface area contributed by atoms with Crippen molar-refractivity contribution in [1.29, 1.82) is 0 Å². The standard InChI is InChI=1S/C16H30N4/c1-5-8-10-14(9-6-2)19-15-12-13(4)18-16(20-15)17-11-7-3/h12,14H,5-11H2,1-4H3,(H2,17,18,19,20). The second-order valence-corrected chi connectivity index (χ2v) is 5.42. The number of nitrogens with one attached hydrogen (secondary N) is 2. The molecule has 0 saturated heterocycles. The molecule has 0 fully saturated rings. The molecule has 0 aromatic carbocycles. The lowest BCUT2D eigenvalue weighted by molar-refractivity contribution is 0.563. The summed E-state index contributed by atoms with van der Waals surface area (Å²) in [5, 5.41) is 6.84. The maximum absolute atomic E-state index is 4.57. The molecular weight excluding hydrogens is 248 g/mol. The molecule has 0 spiro atoms. The molecule has 0 amide bonds. The zero-order valence-corrected chi connectivity index (χ0v) is 13.5. The van der Waals surface area contributed by atoms with Gasteiger partial charge in [0.2, 0.25) is 5.95 Å². The third-order valence-corrected chi connectivity index (χ3v) is 3.28. The van der Waals surface area contributed by atoms with Gasteiger partial charge in [-0.15, -0.1) is 0 Å². The third kappa shape index (κ3) is 6.22. The minimum Gasteiger partial charge on any atom is -0.367 e. The lowest BCUT2D eigenvalue weighted by Crippen LogP contribution is -2.20. The van der Waals surface area contributed by atoms with Crippen molar-refractivity contribution in [1.82, 2.24) is 9.97 Å². The van der Waals surface area contributed by atoms with E-state index in [0.29, 0.717) is 6.04 Å². The van der Waals surface area contributed by atoms with Gasteiger partial charge < -0.3 is 10.6 Å². The zero-order valence-electron chi connectivity index (χ0n) is 13.5. The Labute approximate surface area is 123 Å². The first-order valence-corrected chi connectivity index (χ1v) is 8.05. The van der Waals surface area contributed by atoms with Crippen molar-refractivity contribution < 1.29 is 0 Å². The lowest BCUT2D eigenvalue weighted by atomic mass is 10.1. The van der Waals surface area contributed by atoms with Gasteiger partial charge in [0.05, 0.1) is 0 Å². The highest BCUT2D eigenvalue weighted by molar-refractivity contribution is 5.42. The minimum atomic E-state index is 0.522. The van der Waals surface area contributed by atoms with Crippen molar-refractivity contribution in [3.05, 3.63) is 11.8 Å². The summed E-state index contributed by atoms with van der Waals surface area (Å²) in [7, 11) is 0. The van der Waals surface area contributed by atoms with E-state index < -0.39 is 0 Å². The molecule has 1 unspecified atom stereocenters. The molecule has 0 aliphatic heterocycles. The molecule has 1 heterocycles. The fraction of sp³-hybridized carbons (Fsp3) is 0.750. The topological polar surface area (TPSA) is 49.8 Å². The highest BCUT2D eigenvalue weighted by Crippen LogP contribution is 2.15. The number of rotatable bonds is 10. The third-order valence-electron chi connectivity index (χ3n) is 3.28. The van der Waals surface area contributed by atoms with Gasteiger partial charge in [-0.3, -0.25) is 0 Å². The van der Waals surface area contributed by atoms with E-state index in [2.05, 4.69) is 41.4 Å². The van der Waals surface area contributed by atoms with Crippen LogP contribution in [-0.2, 0) is 0 Å². The highest BCUT2D eigenvalue weighted by atomic mass is 15.1. The molecular formula is C16H30N4. The van der Waals surface area contributed by atoms with Crippen LogP contribution < -0.4 is 10.6 Å². The first-order valence-electron chi connectivity index (χ1n) is 8.05. The van der Waals surface area contributed by atoms with Gasteiger partial charge in [-0.05, 0) is 26.2 Å². The Hall–Kier alpha value is -1.32. The molecule has 0 aliphatic rings. The first kappa shape index (κ1) is 16.7. The summed E-state index contributed by atoms with van der Waals surface area (Å²) in [5.41, 5.74) is 1.01. The summed E-state index contributed by atoms with van der Waals surface area (Å²) in [4.78, 5) is 8.99. The van der Waals surface area contributed by atoms with Gasteiger partial charge in [0.1, 0.15) is 5.82 Å². The van der Waals surface area contributed by atoms with Gasteiger partial charge in [0.25, 0.3) is 0 Å². The van der Waals surface area contributed by atoms with E-state index in [9.17, 15) is 0 Å². The van der Waals surface area contributed by atoms with Crippen LogP contribution in [0.25, 0.3) is 0 Å². The minimum absolute atomic E-state index is 0.522. The Bertz CT molecular complexity index is 379. The van der Waals surface area contributed by atoms with Crippen LogP contribution in [0.2, 0.25) is 0 Å². The van der Waals surface area contributed by atoms with Crippen LogP contribution in [0, 0.1) is 6.92 Å². The molecule has 0 saturated carbocycles.